The third-order valence-corrected chi connectivity index (χ3v) is 6.41. The number of fused-ring (bicyclic) bond motifs is 1. The molecule has 2 atom stereocenters. The quantitative estimate of drug-likeness (QED) is 0.469. The number of alkyl halides is 3. The van der Waals surface area contributed by atoms with Gasteiger partial charge in [0, 0.05) is 19.2 Å². The number of methoxy groups -OCH3 is 1. The van der Waals surface area contributed by atoms with Gasteiger partial charge in [0.1, 0.15) is 0 Å². The van der Waals surface area contributed by atoms with Gasteiger partial charge in [0.15, 0.2) is 0 Å². The second-order valence-corrected chi connectivity index (χ2v) is 8.24. The van der Waals surface area contributed by atoms with Crippen LogP contribution < -0.4 is 0 Å². The first-order valence-corrected chi connectivity index (χ1v) is 11.0. The van der Waals surface area contributed by atoms with Crippen molar-refractivity contribution in [1.29, 1.82) is 0 Å². The monoisotopic (exact) mass is 453 g/mol. The molecule has 4 rings (SSSR count). The van der Waals surface area contributed by atoms with Crippen LogP contribution in [0.4, 0.5) is 13.2 Å². The van der Waals surface area contributed by atoms with E-state index in [9.17, 15) is 18.0 Å². The summed E-state index contributed by atoms with van der Waals surface area (Å²) in [4.78, 5) is 15.2. The Hall–Kier alpha value is -3.12. The fraction of sp³-hybridized carbons (Fsp3) is 0.296. The molecular weight excluding hydrogens is 427 g/mol. The van der Waals surface area contributed by atoms with E-state index in [2.05, 4.69) is 0 Å². The molecule has 0 aromatic heterocycles. The molecule has 0 saturated carbocycles. The van der Waals surface area contributed by atoms with E-state index in [1.54, 1.807) is 6.07 Å². The highest BCUT2D eigenvalue weighted by Gasteiger charge is 2.64. The Morgan fingerprint density at radius 3 is 2.18 bits per heavy atom. The largest absolute Gasteiger partial charge is 0.430 e. The van der Waals surface area contributed by atoms with Gasteiger partial charge >= 0.3 is 6.18 Å². The van der Waals surface area contributed by atoms with E-state index < -0.39 is 23.7 Å². The van der Waals surface area contributed by atoms with Gasteiger partial charge in [-0.3, -0.25) is 4.79 Å². The molecule has 1 aliphatic heterocycles. The first kappa shape index (κ1) is 23.1. The fourth-order valence-electron chi connectivity index (χ4n) is 4.76. The van der Waals surface area contributed by atoms with E-state index in [-0.39, 0.29) is 12.1 Å². The van der Waals surface area contributed by atoms with Crippen LogP contribution in [0.25, 0.3) is 0 Å². The molecule has 0 N–H and O–H groups in total. The Kier molecular flexibility index (Phi) is 6.56. The summed E-state index contributed by atoms with van der Waals surface area (Å²) in [5.41, 5.74) is -0.246. The molecule has 3 aromatic carbocycles. The van der Waals surface area contributed by atoms with Crippen molar-refractivity contribution in [1.82, 2.24) is 4.90 Å². The molecule has 172 valence electrons. The summed E-state index contributed by atoms with van der Waals surface area (Å²) in [7, 11) is 0.954. The van der Waals surface area contributed by atoms with Crippen molar-refractivity contribution in [3.63, 3.8) is 0 Å². The van der Waals surface area contributed by atoms with Crippen LogP contribution in [0.2, 0.25) is 0 Å². The number of hydrogen-bond donors (Lipinski definition) is 0. The summed E-state index contributed by atoms with van der Waals surface area (Å²) < 4.78 is 48.8. The molecule has 0 spiro atoms. The maximum Gasteiger partial charge on any atom is 0.430 e. The van der Waals surface area contributed by atoms with Crippen LogP contribution in [0.5, 0.6) is 0 Å². The Labute approximate surface area is 191 Å². The Morgan fingerprint density at radius 2 is 1.55 bits per heavy atom. The van der Waals surface area contributed by atoms with Crippen LogP contribution in [0.3, 0.4) is 0 Å². The molecule has 3 aromatic rings. The number of rotatable bonds is 6. The Bertz CT molecular complexity index is 1090. The average Bonchev–Trinajstić information content (AvgIpc) is 2.83. The van der Waals surface area contributed by atoms with Gasteiger partial charge in [0.25, 0.3) is 11.5 Å². The average molecular weight is 454 g/mol. The van der Waals surface area contributed by atoms with Crippen LogP contribution in [0, 0.1) is 0 Å². The molecular formula is C27H26F3NO2. The van der Waals surface area contributed by atoms with Crippen molar-refractivity contribution >= 4 is 5.91 Å². The standard InChI is InChI=1S/C27H26F3NO2/c1-33-26(27(28,29)30,22-13-6-3-7-14-22)25(32)31-19-18-21-12-8-9-15-23(21)24(31)17-16-20-10-4-2-5-11-20/h2-15,24H,16-19H2,1H3/t24?,26-/m0/s1. The van der Waals surface area contributed by atoms with E-state index in [0.29, 0.717) is 19.3 Å². The second-order valence-electron chi connectivity index (χ2n) is 8.24. The van der Waals surface area contributed by atoms with Crippen molar-refractivity contribution in [3.05, 3.63) is 107 Å². The van der Waals surface area contributed by atoms with Gasteiger partial charge in [-0.1, -0.05) is 84.9 Å². The molecule has 0 radical (unpaired) electrons. The van der Waals surface area contributed by atoms with E-state index in [0.717, 1.165) is 23.8 Å². The van der Waals surface area contributed by atoms with Crippen LogP contribution in [0.15, 0.2) is 84.9 Å². The van der Waals surface area contributed by atoms with E-state index in [1.165, 1.54) is 29.2 Å². The van der Waals surface area contributed by atoms with Gasteiger partial charge in [-0.05, 0) is 36.0 Å². The number of hydrogen-bond acceptors (Lipinski definition) is 2. The molecule has 0 saturated heterocycles. The van der Waals surface area contributed by atoms with E-state index in [1.807, 2.05) is 54.6 Å². The van der Waals surface area contributed by atoms with Gasteiger partial charge in [-0.15, -0.1) is 0 Å². The minimum atomic E-state index is -4.93. The molecule has 0 aliphatic carbocycles. The zero-order chi connectivity index (χ0) is 23.5. The van der Waals surface area contributed by atoms with E-state index in [4.69, 9.17) is 4.74 Å². The van der Waals surface area contributed by atoms with Crippen LogP contribution in [-0.4, -0.2) is 30.6 Å². The van der Waals surface area contributed by atoms with E-state index >= 15 is 0 Å². The molecule has 1 unspecified atom stereocenters. The van der Waals surface area contributed by atoms with Crippen LogP contribution >= 0.6 is 0 Å². The summed E-state index contributed by atoms with van der Waals surface area (Å²) in [6.45, 7) is 0.198. The number of nitrogens with zero attached hydrogens (tertiary/aromatic N) is 1. The summed E-state index contributed by atoms with van der Waals surface area (Å²) in [6, 6.07) is 24.1. The highest BCUT2D eigenvalue weighted by molar-refractivity contribution is 5.88. The number of ether oxygens (including phenoxy) is 1. The fourth-order valence-corrected chi connectivity index (χ4v) is 4.76. The summed E-state index contributed by atoms with van der Waals surface area (Å²) in [5.74, 6) is -1.07. The lowest BCUT2D eigenvalue weighted by Gasteiger charge is -2.43. The topological polar surface area (TPSA) is 29.5 Å². The summed E-state index contributed by atoms with van der Waals surface area (Å²) >= 11 is 0. The molecule has 1 heterocycles. The minimum Gasteiger partial charge on any atom is -0.356 e. The number of benzene rings is 3. The predicted molar refractivity (Wildman–Crippen MR) is 121 cm³/mol. The predicted octanol–water partition coefficient (Wildman–Crippen LogP) is 5.85. The first-order valence-electron chi connectivity index (χ1n) is 11.0. The zero-order valence-corrected chi connectivity index (χ0v) is 18.4. The summed E-state index contributed by atoms with van der Waals surface area (Å²) in [5, 5.41) is 0. The van der Waals surface area contributed by atoms with Gasteiger partial charge in [0.05, 0.1) is 6.04 Å². The maximum absolute atomic E-state index is 14.6. The lowest BCUT2D eigenvalue weighted by Crippen LogP contribution is -2.58. The van der Waals surface area contributed by atoms with Crippen molar-refractivity contribution in [2.75, 3.05) is 13.7 Å². The minimum absolute atomic E-state index is 0.198. The zero-order valence-electron chi connectivity index (χ0n) is 18.4. The number of halogens is 3. The van der Waals surface area contributed by atoms with Crippen molar-refractivity contribution in [3.8, 4) is 0 Å². The van der Waals surface area contributed by atoms with Crippen LogP contribution in [0.1, 0.15) is 34.7 Å². The van der Waals surface area contributed by atoms with Crippen molar-refractivity contribution < 1.29 is 22.7 Å². The maximum atomic E-state index is 14.6. The Balaban J connectivity index is 1.76. The molecule has 0 bridgehead atoms. The van der Waals surface area contributed by atoms with Crippen LogP contribution in [-0.2, 0) is 28.0 Å². The molecule has 33 heavy (non-hydrogen) atoms. The third kappa shape index (κ3) is 4.27. The molecule has 1 amide bonds. The number of amides is 1. The first-order chi connectivity index (χ1) is 15.9. The van der Waals surface area contributed by atoms with Gasteiger partial charge in [-0.2, -0.15) is 13.2 Å². The van der Waals surface area contributed by atoms with Crippen molar-refractivity contribution in [2.45, 2.75) is 37.1 Å². The number of aryl methyl sites for hydroxylation is 1. The van der Waals surface area contributed by atoms with Gasteiger partial charge in [-0.25, -0.2) is 0 Å². The summed E-state index contributed by atoms with van der Waals surface area (Å²) in [6.07, 6.45) is -3.28. The SMILES string of the molecule is CO[C@](C(=O)N1CCc2ccccc2C1CCc1ccccc1)(c1ccccc1)C(F)(F)F. The molecule has 1 aliphatic rings. The second kappa shape index (κ2) is 9.40. The molecule has 3 nitrogen and oxygen atoms in total. The third-order valence-electron chi connectivity index (χ3n) is 6.41. The number of carbonyl (C=O) groups excluding carboxylic acids is 1. The van der Waals surface area contributed by atoms with Gasteiger partial charge in [0.2, 0.25) is 0 Å². The number of carbonyl (C=O) groups is 1. The van der Waals surface area contributed by atoms with Gasteiger partial charge < -0.3 is 9.64 Å². The van der Waals surface area contributed by atoms with Crippen molar-refractivity contribution in [2.24, 2.45) is 0 Å². The highest BCUT2D eigenvalue weighted by Crippen LogP contribution is 2.46. The lowest BCUT2D eigenvalue weighted by atomic mass is 9.85. The molecule has 0 fully saturated rings. The Morgan fingerprint density at radius 1 is 0.939 bits per heavy atom. The highest BCUT2D eigenvalue weighted by atomic mass is 19.4. The normalized spacial score (nSPS) is 17.8. The molecule has 6 heteroatoms. The smallest absolute Gasteiger partial charge is 0.356 e. The lowest BCUT2D eigenvalue weighted by molar-refractivity contribution is -0.271.